The minimum atomic E-state index is -0.119. The Morgan fingerprint density at radius 2 is 2.06 bits per heavy atom. The minimum Gasteiger partial charge on any atom is -0.411 e. The van der Waals surface area contributed by atoms with Gasteiger partial charge in [-0.15, -0.1) is 0 Å². The van der Waals surface area contributed by atoms with E-state index in [1.54, 1.807) is 0 Å². The van der Waals surface area contributed by atoms with Gasteiger partial charge in [-0.2, -0.15) is 0 Å². The van der Waals surface area contributed by atoms with Crippen LogP contribution in [0.2, 0.25) is 0 Å². The van der Waals surface area contributed by atoms with Crippen molar-refractivity contribution >= 4 is 5.71 Å². The van der Waals surface area contributed by atoms with Crippen molar-refractivity contribution in [1.82, 2.24) is 0 Å². The molecular weight excluding hydrogens is 204 g/mol. The fourth-order valence-corrected chi connectivity index (χ4v) is 3.42. The van der Waals surface area contributed by atoms with Crippen LogP contribution in [0.3, 0.4) is 0 Å². The summed E-state index contributed by atoms with van der Waals surface area (Å²) < 4.78 is 0. The van der Waals surface area contributed by atoms with E-state index in [2.05, 4.69) is 31.2 Å². The molecular formula is C12H23N2O2+. The van der Waals surface area contributed by atoms with Crippen LogP contribution in [0, 0.1) is 17.3 Å². The first kappa shape index (κ1) is 11.9. The van der Waals surface area contributed by atoms with E-state index in [1.165, 1.54) is 0 Å². The Hall–Kier alpha value is -0.610. The highest BCUT2D eigenvalue weighted by Crippen LogP contribution is 2.65. The van der Waals surface area contributed by atoms with Crippen LogP contribution < -0.4 is 5.32 Å². The van der Waals surface area contributed by atoms with Crippen molar-refractivity contribution < 1.29 is 15.6 Å². The fraction of sp³-hybridized carbons (Fsp3) is 0.917. The van der Waals surface area contributed by atoms with Gasteiger partial charge < -0.3 is 15.6 Å². The first-order chi connectivity index (χ1) is 7.45. The molecule has 0 aromatic carbocycles. The average Bonchev–Trinajstić information content (AvgIpc) is 2.76. The van der Waals surface area contributed by atoms with Crippen LogP contribution in [0.1, 0.15) is 33.6 Å². The van der Waals surface area contributed by atoms with Crippen LogP contribution in [-0.4, -0.2) is 34.7 Å². The lowest BCUT2D eigenvalue weighted by molar-refractivity contribution is -0.709. The fourth-order valence-electron chi connectivity index (χ4n) is 3.42. The normalized spacial score (nSPS) is 43.1. The van der Waals surface area contributed by atoms with E-state index in [4.69, 9.17) is 10.3 Å². The van der Waals surface area contributed by atoms with Crippen molar-refractivity contribution in [3.05, 3.63) is 0 Å². The SMILES string of the molecule is CC1(C)[C@@H]2C[C@@](C)([NH2+]CCO)/C(=N\O)C[C@@H]21. The zero-order chi connectivity index (χ0) is 12.0. The van der Waals surface area contributed by atoms with Crippen LogP contribution in [0.25, 0.3) is 0 Å². The molecule has 16 heavy (non-hydrogen) atoms. The molecule has 0 radical (unpaired) electrons. The summed E-state index contributed by atoms with van der Waals surface area (Å²) in [5.74, 6) is 1.44. The number of aliphatic hydroxyl groups excluding tert-OH is 1. The van der Waals surface area contributed by atoms with E-state index < -0.39 is 0 Å². The third-order valence-electron chi connectivity index (χ3n) is 4.85. The number of fused-ring (bicyclic) bond motifs is 1. The van der Waals surface area contributed by atoms with Gasteiger partial charge in [-0.05, 0) is 30.6 Å². The summed E-state index contributed by atoms with van der Waals surface area (Å²) in [4.78, 5) is 0. The molecule has 3 atom stereocenters. The Morgan fingerprint density at radius 3 is 2.62 bits per heavy atom. The maximum absolute atomic E-state index is 9.14. The molecule has 2 aliphatic carbocycles. The topological polar surface area (TPSA) is 69.4 Å². The van der Waals surface area contributed by atoms with Gasteiger partial charge in [0.15, 0.2) is 0 Å². The first-order valence-corrected chi connectivity index (χ1v) is 6.12. The molecule has 4 heteroatoms. The molecule has 2 saturated carbocycles. The molecule has 0 aromatic rings. The highest BCUT2D eigenvalue weighted by Gasteiger charge is 2.64. The third-order valence-corrected chi connectivity index (χ3v) is 4.85. The standard InChI is InChI=1S/C12H22N2O2/c1-11(2)8-6-10(14-16)12(3,7-9(8)11)13-4-5-15/h8-9,13,15-16H,4-7H2,1-3H3/p+1/b14-10-/t8-,9+,12+/m0/s1. The summed E-state index contributed by atoms with van der Waals surface area (Å²) in [6.45, 7) is 7.58. The molecule has 2 aliphatic rings. The van der Waals surface area contributed by atoms with Crippen molar-refractivity contribution in [2.45, 2.75) is 39.2 Å². The first-order valence-electron chi connectivity index (χ1n) is 6.12. The summed E-state index contributed by atoms with van der Waals surface area (Å²) in [7, 11) is 0. The number of nitrogens with two attached hydrogens (primary N) is 1. The van der Waals surface area contributed by atoms with E-state index in [0.717, 1.165) is 24.5 Å². The van der Waals surface area contributed by atoms with Gasteiger partial charge >= 0.3 is 0 Å². The molecule has 0 bridgehead atoms. The Labute approximate surface area is 96.7 Å². The maximum Gasteiger partial charge on any atom is 0.136 e. The summed E-state index contributed by atoms with van der Waals surface area (Å²) >= 11 is 0. The van der Waals surface area contributed by atoms with Gasteiger partial charge in [-0.25, -0.2) is 0 Å². The lowest BCUT2D eigenvalue weighted by Crippen LogP contribution is -2.99. The number of hydrogen-bond donors (Lipinski definition) is 3. The highest BCUT2D eigenvalue weighted by molar-refractivity contribution is 5.93. The van der Waals surface area contributed by atoms with Gasteiger partial charge in [-0.1, -0.05) is 19.0 Å². The number of hydrogen-bond acceptors (Lipinski definition) is 3. The molecule has 92 valence electrons. The number of oxime groups is 1. The molecule has 0 saturated heterocycles. The molecule has 2 fully saturated rings. The van der Waals surface area contributed by atoms with Gasteiger partial charge in [0, 0.05) is 6.42 Å². The Morgan fingerprint density at radius 1 is 1.38 bits per heavy atom. The second-order valence-electron chi connectivity index (χ2n) is 6.12. The quantitative estimate of drug-likeness (QED) is 0.476. The molecule has 4 nitrogen and oxygen atoms in total. The summed E-state index contributed by atoms with van der Waals surface area (Å²) in [5.41, 5.74) is 1.18. The zero-order valence-corrected chi connectivity index (χ0v) is 10.4. The molecule has 0 aromatic heterocycles. The molecule has 0 heterocycles. The monoisotopic (exact) mass is 227 g/mol. The summed E-state index contributed by atoms with van der Waals surface area (Å²) in [6, 6.07) is 0. The summed E-state index contributed by atoms with van der Waals surface area (Å²) in [6.07, 6.45) is 1.97. The molecule has 0 aliphatic heterocycles. The van der Waals surface area contributed by atoms with Gasteiger partial charge in [0.1, 0.15) is 11.3 Å². The van der Waals surface area contributed by atoms with Gasteiger partial charge in [-0.3, -0.25) is 0 Å². The largest absolute Gasteiger partial charge is 0.411 e. The van der Waals surface area contributed by atoms with E-state index in [9.17, 15) is 0 Å². The summed E-state index contributed by atoms with van der Waals surface area (Å²) in [5, 5.41) is 23.7. The van der Waals surface area contributed by atoms with E-state index >= 15 is 0 Å². The molecule has 0 spiro atoms. The molecule has 2 rings (SSSR count). The van der Waals surface area contributed by atoms with Crippen molar-refractivity contribution in [2.75, 3.05) is 13.2 Å². The lowest BCUT2D eigenvalue weighted by atomic mass is 9.81. The highest BCUT2D eigenvalue weighted by atomic mass is 16.4. The number of nitrogens with zero attached hydrogens (tertiary/aromatic N) is 1. The average molecular weight is 227 g/mol. The van der Waals surface area contributed by atoms with Crippen molar-refractivity contribution in [3.63, 3.8) is 0 Å². The zero-order valence-electron chi connectivity index (χ0n) is 10.4. The van der Waals surface area contributed by atoms with Crippen molar-refractivity contribution in [2.24, 2.45) is 22.4 Å². The number of quaternary nitrogens is 1. The predicted molar refractivity (Wildman–Crippen MR) is 61.5 cm³/mol. The Kier molecular flexibility index (Phi) is 2.75. The lowest BCUT2D eigenvalue weighted by Gasteiger charge is -2.31. The predicted octanol–water partition coefficient (Wildman–Crippen LogP) is 0.197. The second-order valence-corrected chi connectivity index (χ2v) is 6.12. The van der Waals surface area contributed by atoms with Gasteiger partial charge in [0.25, 0.3) is 0 Å². The molecule has 0 amide bonds. The van der Waals surface area contributed by atoms with E-state index in [-0.39, 0.29) is 12.1 Å². The second kappa shape index (κ2) is 3.70. The van der Waals surface area contributed by atoms with E-state index in [0.29, 0.717) is 17.9 Å². The van der Waals surface area contributed by atoms with Crippen LogP contribution >= 0.6 is 0 Å². The van der Waals surface area contributed by atoms with Gasteiger partial charge in [0.2, 0.25) is 0 Å². The van der Waals surface area contributed by atoms with Crippen molar-refractivity contribution in [3.8, 4) is 0 Å². The van der Waals surface area contributed by atoms with Gasteiger partial charge in [0.05, 0.1) is 13.2 Å². The smallest absolute Gasteiger partial charge is 0.136 e. The minimum absolute atomic E-state index is 0.119. The van der Waals surface area contributed by atoms with E-state index in [1.807, 2.05) is 0 Å². The van der Waals surface area contributed by atoms with Crippen LogP contribution in [0.4, 0.5) is 0 Å². The Balaban J connectivity index is 2.13. The van der Waals surface area contributed by atoms with Crippen LogP contribution in [0.5, 0.6) is 0 Å². The molecule has 4 N–H and O–H groups in total. The maximum atomic E-state index is 9.14. The Bertz CT molecular complexity index is 314. The molecule has 0 unspecified atom stereocenters. The van der Waals surface area contributed by atoms with Crippen molar-refractivity contribution in [1.29, 1.82) is 0 Å². The third kappa shape index (κ3) is 1.64. The number of aliphatic hydroxyl groups is 1. The number of rotatable bonds is 3. The van der Waals surface area contributed by atoms with Crippen LogP contribution in [0.15, 0.2) is 5.16 Å². The van der Waals surface area contributed by atoms with Crippen LogP contribution in [-0.2, 0) is 0 Å².